The van der Waals surface area contributed by atoms with Crippen LogP contribution in [0.2, 0.25) is 0 Å². The smallest absolute Gasteiger partial charge is 0.322 e. The van der Waals surface area contributed by atoms with Gasteiger partial charge < -0.3 is 15.5 Å². The second-order valence-corrected chi connectivity index (χ2v) is 9.17. The van der Waals surface area contributed by atoms with Gasteiger partial charge in [0.2, 0.25) is 5.91 Å². The van der Waals surface area contributed by atoms with Crippen molar-refractivity contribution in [3.8, 4) is 0 Å². The molecular weight excluding hydrogens is 442 g/mol. The average Bonchev–Trinajstić information content (AvgIpc) is 3.15. The Balaban J connectivity index is 1.43. The number of hydrogen-bond donors (Lipinski definition) is 3. The van der Waals surface area contributed by atoms with E-state index in [2.05, 4.69) is 5.32 Å². The van der Waals surface area contributed by atoms with Crippen molar-refractivity contribution in [2.45, 2.75) is 57.0 Å². The summed E-state index contributed by atoms with van der Waals surface area (Å²) in [4.78, 5) is 39.4. The van der Waals surface area contributed by atoms with Gasteiger partial charge in [0.05, 0.1) is 12.0 Å². The molecule has 0 spiro atoms. The molecule has 34 heavy (non-hydrogen) atoms. The number of nitrogens with zero attached hydrogens (tertiary/aromatic N) is 1. The summed E-state index contributed by atoms with van der Waals surface area (Å²) in [6.07, 6.45) is 7.01. The standard InChI is InChI=1S/C25H28F2N4O3/c1-25(26,27)24(34)30-21(28)16-11-12-17-14-31(23(33)18(17)13-16)20-10-6-5-9-19(20)29-22(32)15-7-3-2-4-8-15/h2-4,7-8,11-12,18-20H,5-6,9-10,13-14H2,1H3,(H,29,32)(H2,28,30,34). The molecule has 180 valence electrons. The highest BCUT2D eigenvalue weighted by atomic mass is 19.3. The lowest BCUT2D eigenvalue weighted by atomic mass is 9.88. The van der Waals surface area contributed by atoms with Gasteiger partial charge in [-0.25, -0.2) is 0 Å². The molecule has 3 aliphatic rings. The van der Waals surface area contributed by atoms with E-state index in [1.165, 1.54) is 0 Å². The van der Waals surface area contributed by atoms with Crippen LogP contribution in [0.15, 0.2) is 53.6 Å². The third kappa shape index (κ3) is 4.93. The van der Waals surface area contributed by atoms with Crippen LogP contribution in [-0.4, -0.2) is 53.0 Å². The lowest BCUT2D eigenvalue weighted by Gasteiger charge is -2.38. The lowest BCUT2D eigenvalue weighted by molar-refractivity contribution is -0.141. The first-order valence-corrected chi connectivity index (χ1v) is 11.5. The molecule has 1 saturated heterocycles. The first-order valence-electron chi connectivity index (χ1n) is 11.5. The van der Waals surface area contributed by atoms with Gasteiger partial charge >= 0.3 is 5.92 Å². The molecule has 0 radical (unpaired) electrons. The first kappa shape index (κ1) is 23.8. The third-order valence-corrected chi connectivity index (χ3v) is 6.74. The molecule has 0 aromatic heterocycles. The first-order chi connectivity index (χ1) is 16.1. The molecule has 1 aromatic carbocycles. The Morgan fingerprint density at radius 3 is 2.53 bits per heavy atom. The number of carbonyl (C=O) groups excluding carboxylic acids is 3. The van der Waals surface area contributed by atoms with Gasteiger partial charge in [-0.15, -0.1) is 0 Å². The van der Waals surface area contributed by atoms with Crippen molar-refractivity contribution in [1.29, 1.82) is 5.41 Å². The fourth-order valence-corrected chi connectivity index (χ4v) is 4.89. The molecule has 7 nitrogen and oxygen atoms in total. The molecule has 1 saturated carbocycles. The zero-order valence-electron chi connectivity index (χ0n) is 18.9. The highest BCUT2D eigenvalue weighted by molar-refractivity contribution is 6.08. The number of amidine groups is 1. The summed E-state index contributed by atoms with van der Waals surface area (Å²) in [7, 11) is 0. The van der Waals surface area contributed by atoms with Gasteiger partial charge in [-0.2, -0.15) is 8.78 Å². The van der Waals surface area contributed by atoms with Crippen LogP contribution in [0.1, 0.15) is 49.4 Å². The minimum absolute atomic E-state index is 0.0948. The molecule has 2 aliphatic carbocycles. The number of carbonyl (C=O) groups is 3. The van der Waals surface area contributed by atoms with Crippen molar-refractivity contribution in [2.24, 2.45) is 5.92 Å². The Morgan fingerprint density at radius 1 is 1.12 bits per heavy atom. The monoisotopic (exact) mass is 470 g/mol. The van der Waals surface area contributed by atoms with E-state index < -0.39 is 23.6 Å². The number of hydrogen-bond acceptors (Lipinski definition) is 4. The van der Waals surface area contributed by atoms with Crippen LogP contribution in [0.4, 0.5) is 8.78 Å². The summed E-state index contributed by atoms with van der Waals surface area (Å²) in [6, 6.07) is 8.66. The fourth-order valence-electron chi connectivity index (χ4n) is 4.89. The summed E-state index contributed by atoms with van der Waals surface area (Å²) in [5.41, 5.74) is 1.80. The predicted molar refractivity (Wildman–Crippen MR) is 122 cm³/mol. The number of halogens is 2. The molecule has 3 N–H and O–H groups in total. The van der Waals surface area contributed by atoms with Gasteiger partial charge in [0.1, 0.15) is 5.84 Å². The number of likely N-dealkylation sites (tertiary alicyclic amines) is 1. The van der Waals surface area contributed by atoms with E-state index in [1.54, 1.807) is 36.4 Å². The van der Waals surface area contributed by atoms with E-state index >= 15 is 0 Å². The highest BCUT2D eigenvalue weighted by Gasteiger charge is 2.44. The molecular formula is C25H28F2N4O3. The number of amides is 3. The van der Waals surface area contributed by atoms with E-state index in [-0.39, 0.29) is 30.3 Å². The summed E-state index contributed by atoms with van der Waals surface area (Å²) in [5, 5.41) is 13.0. The Morgan fingerprint density at radius 2 is 1.82 bits per heavy atom. The minimum atomic E-state index is -3.59. The maximum atomic E-state index is 13.4. The molecule has 3 amide bonds. The van der Waals surface area contributed by atoms with Gasteiger partial charge in [0.25, 0.3) is 11.8 Å². The van der Waals surface area contributed by atoms with Crippen LogP contribution in [0.25, 0.3) is 0 Å². The average molecular weight is 471 g/mol. The predicted octanol–water partition coefficient (Wildman–Crippen LogP) is 3.19. The Hall–Kier alpha value is -3.36. The number of nitrogens with one attached hydrogen (secondary N) is 3. The molecule has 4 rings (SSSR count). The number of alkyl halides is 2. The van der Waals surface area contributed by atoms with Crippen LogP contribution in [0.5, 0.6) is 0 Å². The van der Waals surface area contributed by atoms with E-state index in [9.17, 15) is 23.2 Å². The SMILES string of the molecule is CC(F)(F)C(=O)NC(=N)C1=CC=C2CN(C3CCCCC3NC(=O)c3ccccc3)C(=O)C2C1. The summed E-state index contributed by atoms with van der Waals surface area (Å²) < 4.78 is 26.4. The quantitative estimate of drug-likeness (QED) is 0.455. The molecule has 1 aromatic rings. The van der Waals surface area contributed by atoms with Gasteiger partial charge in [-0.05, 0) is 42.5 Å². The highest BCUT2D eigenvalue weighted by Crippen LogP contribution is 2.37. The minimum Gasteiger partial charge on any atom is -0.347 e. The van der Waals surface area contributed by atoms with Crippen LogP contribution in [0, 0.1) is 11.3 Å². The third-order valence-electron chi connectivity index (χ3n) is 6.74. The van der Waals surface area contributed by atoms with Crippen molar-refractivity contribution in [1.82, 2.24) is 15.5 Å². The molecule has 1 aliphatic heterocycles. The number of rotatable bonds is 5. The molecule has 1 heterocycles. The maximum Gasteiger partial charge on any atom is 0.322 e. The Bertz CT molecular complexity index is 1060. The number of benzene rings is 1. The second kappa shape index (κ2) is 9.48. The van der Waals surface area contributed by atoms with Crippen molar-refractivity contribution in [3.63, 3.8) is 0 Å². The molecule has 2 fully saturated rings. The van der Waals surface area contributed by atoms with Crippen LogP contribution >= 0.6 is 0 Å². The molecule has 3 atom stereocenters. The van der Waals surface area contributed by atoms with Gasteiger partial charge in [0.15, 0.2) is 0 Å². The van der Waals surface area contributed by atoms with Crippen LogP contribution in [0.3, 0.4) is 0 Å². The zero-order chi connectivity index (χ0) is 24.5. The van der Waals surface area contributed by atoms with Gasteiger partial charge in [-0.3, -0.25) is 19.8 Å². The van der Waals surface area contributed by atoms with Crippen LogP contribution in [-0.2, 0) is 9.59 Å². The number of fused-ring (bicyclic) bond motifs is 1. The van der Waals surface area contributed by atoms with Crippen LogP contribution < -0.4 is 10.6 Å². The summed E-state index contributed by atoms with van der Waals surface area (Å²) in [5.74, 6) is -6.32. The maximum absolute atomic E-state index is 13.4. The molecule has 3 unspecified atom stereocenters. The fraction of sp³-hybridized carbons (Fsp3) is 0.440. The van der Waals surface area contributed by atoms with Crippen molar-refractivity contribution >= 4 is 23.6 Å². The van der Waals surface area contributed by atoms with Crippen molar-refractivity contribution < 1.29 is 23.2 Å². The van der Waals surface area contributed by atoms with Gasteiger partial charge in [0, 0.05) is 25.1 Å². The molecule has 9 heteroatoms. The van der Waals surface area contributed by atoms with Gasteiger partial charge in [-0.1, -0.05) is 43.2 Å². The topological polar surface area (TPSA) is 102 Å². The lowest BCUT2D eigenvalue weighted by Crippen LogP contribution is -2.54. The van der Waals surface area contributed by atoms with E-state index in [0.717, 1.165) is 31.3 Å². The Kier molecular flexibility index (Phi) is 6.63. The Labute approximate surface area is 196 Å². The number of allylic oxidation sites excluding steroid dienone is 2. The van der Waals surface area contributed by atoms with E-state index in [0.29, 0.717) is 24.6 Å². The van der Waals surface area contributed by atoms with Crippen molar-refractivity contribution in [2.75, 3.05) is 6.54 Å². The second-order valence-electron chi connectivity index (χ2n) is 9.17. The molecule has 0 bridgehead atoms. The van der Waals surface area contributed by atoms with Crippen molar-refractivity contribution in [3.05, 3.63) is 59.2 Å². The normalized spacial score (nSPS) is 24.6. The largest absolute Gasteiger partial charge is 0.347 e. The summed E-state index contributed by atoms with van der Waals surface area (Å²) >= 11 is 0. The van der Waals surface area contributed by atoms with E-state index in [4.69, 9.17) is 5.41 Å². The zero-order valence-corrected chi connectivity index (χ0v) is 18.9. The summed E-state index contributed by atoms with van der Waals surface area (Å²) in [6.45, 7) is 0.904. The van der Waals surface area contributed by atoms with E-state index in [1.807, 2.05) is 16.3 Å².